The summed E-state index contributed by atoms with van der Waals surface area (Å²) in [6, 6.07) is 9.70. The first kappa shape index (κ1) is 13.7. The minimum atomic E-state index is -0.395. The number of halogens is 4. The molecule has 0 heterocycles. The second-order valence-electron chi connectivity index (χ2n) is 3.60. The summed E-state index contributed by atoms with van der Waals surface area (Å²) >= 11 is 15.0. The molecule has 5 heteroatoms. The highest BCUT2D eigenvalue weighted by molar-refractivity contribution is 9.10. The Kier molecular flexibility index (Phi) is 4.49. The van der Waals surface area contributed by atoms with E-state index in [-0.39, 0.29) is 6.61 Å². The molecule has 0 aliphatic rings. The van der Waals surface area contributed by atoms with Crippen LogP contribution < -0.4 is 4.74 Å². The molecular weight excluding hydrogens is 342 g/mol. The smallest absolute Gasteiger partial charge is 0.139 e. The van der Waals surface area contributed by atoms with E-state index in [1.54, 1.807) is 30.3 Å². The Hall–Kier alpha value is -0.770. The third kappa shape index (κ3) is 3.37. The predicted octanol–water partition coefficient (Wildman–Crippen LogP) is 5.47. The van der Waals surface area contributed by atoms with Crippen LogP contribution >= 0.6 is 39.1 Å². The molecule has 0 bridgehead atoms. The lowest BCUT2D eigenvalue weighted by Crippen LogP contribution is -1.98. The minimum Gasteiger partial charge on any atom is -0.487 e. The Balaban J connectivity index is 2.13. The van der Waals surface area contributed by atoms with Gasteiger partial charge in [0.15, 0.2) is 0 Å². The molecule has 18 heavy (non-hydrogen) atoms. The van der Waals surface area contributed by atoms with Gasteiger partial charge < -0.3 is 4.74 Å². The maximum absolute atomic E-state index is 13.5. The van der Waals surface area contributed by atoms with Crippen LogP contribution in [0.4, 0.5) is 4.39 Å². The number of hydrogen-bond acceptors (Lipinski definition) is 1. The fraction of sp³-hybridized carbons (Fsp3) is 0.0769. The van der Waals surface area contributed by atoms with E-state index in [1.807, 2.05) is 0 Å². The van der Waals surface area contributed by atoms with E-state index in [4.69, 9.17) is 27.9 Å². The molecule has 0 aromatic heterocycles. The highest BCUT2D eigenvalue weighted by Crippen LogP contribution is 2.29. The van der Waals surface area contributed by atoms with Gasteiger partial charge in [0.05, 0.1) is 5.02 Å². The molecule has 0 saturated heterocycles. The van der Waals surface area contributed by atoms with E-state index in [1.165, 1.54) is 6.07 Å². The van der Waals surface area contributed by atoms with Gasteiger partial charge in [-0.05, 0) is 30.3 Å². The normalized spacial score (nSPS) is 10.4. The first-order valence-electron chi connectivity index (χ1n) is 5.08. The van der Waals surface area contributed by atoms with Crippen molar-refractivity contribution in [1.29, 1.82) is 0 Å². The monoisotopic (exact) mass is 348 g/mol. The molecule has 0 unspecified atom stereocenters. The predicted molar refractivity (Wildman–Crippen MR) is 74.9 cm³/mol. The zero-order chi connectivity index (χ0) is 13.1. The largest absolute Gasteiger partial charge is 0.487 e. The van der Waals surface area contributed by atoms with Crippen LogP contribution in [-0.4, -0.2) is 0 Å². The maximum Gasteiger partial charge on any atom is 0.139 e. The maximum atomic E-state index is 13.5. The highest BCUT2D eigenvalue weighted by atomic mass is 79.9. The minimum absolute atomic E-state index is 0.0964. The third-order valence-electron chi connectivity index (χ3n) is 2.29. The molecule has 1 nitrogen and oxygen atoms in total. The second-order valence-corrected chi connectivity index (χ2v) is 5.36. The van der Waals surface area contributed by atoms with Crippen LogP contribution in [0.1, 0.15) is 5.56 Å². The van der Waals surface area contributed by atoms with E-state index >= 15 is 0 Å². The molecule has 2 rings (SSSR count). The van der Waals surface area contributed by atoms with Gasteiger partial charge in [-0.25, -0.2) is 4.39 Å². The average molecular weight is 350 g/mol. The van der Waals surface area contributed by atoms with E-state index < -0.39 is 5.82 Å². The van der Waals surface area contributed by atoms with Crippen LogP contribution in [0.3, 0.4) is 0 Å². The fourth-order valence-corrected chi connectivity index (χ4v) is 2.05. The highest BCUT2D eigenvalue weighted by Gasteiger charge is 2.06. The summed E-state index contributed by atoms with van der Waals surface area (Å²) in [5.74, 6) is 0.106. The van der Waals surface area contributed by atoms with Crippen LogP contribution in [0.2, 0.25) is 10.0 Å². The number of hydrogen-bond donors (Lipinski definition) is 0. The molecule has 0 spiro atoms. The molecule has 0 N–H and O–H groups in total. The van der Waals surface area contributed by atoms with Crippen molar-refractivity contribution >= 4 is 39.1 Å². The molecule has 94 valence electrons. The Morgan fingerprint density at radius 3 is 2.61 bits per heavy atom. The lowest BCUT2D eigenvalue weighted by atomic mass is 10.2. The van der Waals surface area contributed by atoms with Gasteiger partial charge in [0.1, 0.15) is 18.2 Å². The van der Waals surface area contributed by atoms with Crippen molar-refractivity contribution in [3.05, 3.63) is 62.3 Å². The molecule has 2 aromatic carbocycles. The van der Waals surface area contributed by atoms with Crippen molar-refractivity contribution in [3.63, 3.8) is 0 Å². The number of rotatable bonds is 3. The molecule has 2 aromatic rings. The third-order valence-corrected chi connectivity index (χ3v) is 3.33. The van der Waals surface area contributed by atoms with Crippen molar-refractivity contribution in [1.82, 2.24) is 0 Å². The van der Waals surface area contributed by atoms with Crippen molar-refractivity contribution in [2.45, 2.75) is 6.61 Å². The van der Waals surface area contributed by atoms with Crippen molar-refractivity contribution < 1.29 is 9.13 Å². The van der Waals surface area contributed by atoms with E-state index in [0.29, 0.717) is 21.4 Å². The van der Waals surface area contributed by atoms with E-state index in [9.17, 15) is 4.39 Å². The number of ether oxygens (including phenoxy) is 1. The molecular formula is C13H8BrCl2FO. The van der Waals surface area contributed by atoms with Gasteiger partial charge >= 0.3 is 0 Å². The van der Waals surface area contributed by atoms with Gasteiger partial charge in [-0.2, -0.15) is 0 Å². The lowest BCUT2D eigenvalue weighted by molar-refractivity contribution is 0.300. The van der Waals surface area contributed by atoms with Gasteiger partial charge in [-0.1, -0.05) is 45.2 Å². The van der Waals surface area contributed by atoms with Crippen molar-refractivity contribution in [2.24, 2.45) is 0 Å². The quantitative estimate of drug-likeness (QED) is 0.713. The average Bonchev–Trinajstić information content (AvgIpc) is 2.32. The zero-order valence-electron chi connectivity index (χ0n) is 9.09. The SMILES string of the molecule is Fc1cc(Cl)ccc1COc1cc(Br)ccc1Cl. The van der Waals surface area contributed by atoms with Gasteiger partial charge in [-0.15, -0.1) is 0 Å². The topological polar surface area (TPSA) is 9.23 Å². The first-order valence-corrected chi connectivity index (χ1v) is 6.63. The Bertz CT molecular complexity index is 575. The van der Waals surface area contributed by atoms with E-state index in [0.717, 1.165) is 4.47 Å². The van der Waals surface area contributed by atoms with Crippen LogP contribution in [0, 0.1) is 5.82 Å². The van der Waals surface area contributed by atoms with Crippen LogP contribution in [0.15, 0.2) is 40.9 Å². The molecule has 0 radical (unpaired) electrons. The van der Waals surface area contributed by atoms with Crippen molar-refractivity contribution in [3.8, 4) is 5.75 Å². The number of benzene rings is 2. The summed E-state index contributed by atoms with van der Waals surface area (Å²) in [5, 5.41) is 0.837. The summed E-state index contributed by atoms with van der Waals surface area (Å²) in [6.45, 7) is 0.0964. The molecule has 0 aliphatic carbocycles. The molecule has 0 aliphatic heterocycles. The Morgan fingerprint density at radius 1 is 1.11 bits per heavy atom. The standard InChI is InChI=1S/C13H8BrCl2FO/c14-9-2-4-11(16)13(5-9)18-7-8-1-3-10(15)6-12(8)17/h1-6H,7H2. The molecule has 0 atom stereocenters. The summed E-state index contributed by atoms with van der Waals surface area (Å²) in [4.78, 5) is 0. The van der Waals surface area contributed by atoms with Crippen LogP contribution in [0.5, 0.6) is 5.75 Å². The summed E-state index contributed by atoms with van der Waals surface area (Å²) in [6.07, 6.45) is 0. The van der Waals surface area contributed by atoms with Gasteiger partial charge in [0.2, 0.25) is 0 Å². The molecule has 0 saturated carbocycles. The zero-order valence-corrected chi connectivity index (χ0v) is 12.2. The molecule has 0 fully saturated rings. The van der Waals surface area contributed by atoms with Gasteiger partial charge in [-0.3, -0.25) is 0 Å². The Morgan fingerprint density at radius 2 is 1.89 bits per heavy atom. The summed E-state index contributed by atoms with van der Waals surface area (Å²) < 4.78 is 19.9. The summed E-state index contributed by atoms with van der Waals surface area (Å²) in [5.41, 5.74) is 0.426. The van der Waals surface area contributed by atoms with Crippen LogP contribution in [0.25, 0.3) is 0 Å². The second kappa shape index (κ2) is 5.91. The van der Waals surface area contributed by atoms with Crippen LogP contribution in [-0.2, 0) is 6.61 Å². The molecule has 0 amide bonds. The van der Waals surface area contributed by atoms with Gasteiger partial charge in [0, 0.05) is 15.1 Å². The Labute approximate surface area is 123 Å². The van der Waals surface area contributed by atoms with E-state index in [2.05, 4.69) is 15.9 Å². The lowest BCUT2D eigenvalue weighted by Gasteiger charge is -2.09. The van der Waals surface area contributed by atoms with Gasteiger partial charge in [0.25, 0.3) is 0 Å². The summed E-state index contributed by atoms with van der Waals surface area (Å²) in [7, 11) is 0. The van der Waals surface area contributed by atoms with Crippen molar-refractivity contribution in [2.75, 3.05) is 0 Å². The first-order chi connectivity index (χ1) is 8.56. The fourth-order valence-electron chi connectivity index (χ4n) is 1.38.